The summed E-state index contributed by atoms with van der Waals surface area (Å²) in [5.74, 6) is -0.817. The highest BCUT2D eigenvalue weighted by Crippen LogP contribution is 2.38. The van der Waals surface area contributed by atoms with Gasteiger partial charge >= 0.3 is 12.2 Å². The van der Waals surface area contributed by atoms with Crippen LogP contribution in [-0.4, -0.2) is 16.9 Å². The number of carbonyl (C=O) groups is 2. The van der Waals surface area contributed by atoms with Crippen molar-refractivity contribution in [2.24, 2.45) is 0 Å². The predicted octanol–water partition coefficient (Wildman–Crippen LogP) is 3.88. The van der Waals surface area contributed by atoms with Crippen LogP contribution in [0.15, 0.2) is 59.8 Å². The summed E-state index contributed by atoms with van der Waals surface area (Å²) in [5, 5.41) is 18.1. The van der Waals surface area contributed by atoms with Crippen molar-refractivity contribution in [2.45, 2.75) is 19.1 Å². The second kappa shape index (κ2) is 7.85. The van der Waals surface area contributed by atoms with Gasteiger partial charge in [-0.2, -0.15) is 13.2 Å². The third-order valence-electron chi connectivity index (χ3n) is 4.41. The number of nitrogens with zero attached hydrogens (tertiary/aromatic N) is 1. The lowest BCUT2D eigenvalue weighted by atomic mass is 9.91. The first-order chi connectivity index (χ1) is 14.1. The van der Waals surface area contributed by atoms with E-state index in [1.54, 1.807) is 0 Å². The monoisotopic (exact) mass is 420 g/mol. The Bertz CT molecular complexity index is 1070. The molecule has 11 heteroatoms. The highest BCUT2D eigenvalue weighted by atomic mass is 19.4. The van der Waals surface area contributed by atoms with E-state index in [1.807, 2.05) is 0 Å². The van der Waals surface area contributed by atoms with Gasteiger partial charge in [-0.15, -0.1) is 0 Å². The van der Waals surface area contributed by atoms with E-state index in [0.717, 1.165) is 12.1 Å². The fourth-order valence-electron chi connectivity index (χ4n) is 3.13. The maximum atomic E-state index is 13.5. The van der Waals surface area contributed by atoms with Crippen LogP contribution in [0.3, 0.4) is 0 Å². The minimum Gasteiger partial charge on any atom is -0.327 e. The van der Waals surface area contributed by atoms with Crippen molar-refractivity contribution in [3.63, 3.8) is 0 Å². The van der Waals surface area contributed by atoms with Gasteiger partial charge in [0.15, 0.2) is 0 Å². The van der Waals surface area contributed by atoms with E-state index in [-0.39, 0.29) is 28.2 Å². The summed E-state index contributed by atoms with van der Waals surface area (Å²) in [5.41, 5.74) is -1.59. The molecule has 0 aliphatic carbocycles. The smallest absolute Gasteiger partial charge is 0.327 e. The largest absolute Gasteiger partial charge is 0.416 e. The minimum atomic E-state index is -4.71. The van der Waals surface area contributed by atoms with E-state index in [2.05, 4.69) is 16.0 Å². The average Bonchev–Trinajstić information content (AvgIpc) is 2.66. The summed E-state index contributed by atoms with van der Waals surface area (Å²) in [6.45, 7) is 1.38. The van der Waals surface area contributed by atoms with Crippen LogP contribution < -0.4 is 16.0 Å². The molecular formula is C19H15F3N4O4. The van der Waals surface area contributed by atoms with Crippen LogP contribution in [0, 0.1) is 10.1 Å². The highest BCUT2D eigenvalue weighted by Gasteiger charge is 2.39. The number of urea groups is 1. The molecule has 3 rings (SSSR count). The molecular weight excluding hydrogens is 405 g/mol. The molecule has 8 nitrogen and oxygen atoms in total. The Morgan fingerprint density at radius 2 is 1.87 bits per heavy atom. The number of nitro groups is 1. The lowest BCUT2D eigenvalue weighted by Crippen LogP contribution is -2.46. The van der Waals surface area contributed by atoms with Gasteiger partial charge in [-0.25, -0.2) is 4.79 Å². The molecule has 1 aliphatic rings. The molecule has 0 bridgehead atoms. The molecule has 1 atom stereocenters. The summed E-state index contributed by atoms with van der Waals surface area (Å²) >= 11 is 0. The minimum absolute atomic E-state index is 0.0589. The van der Waals surface area contributed by atoms with E-state index in [1.165, 1.54) is 43.3 Å². The van der Waals surface area contributed by atoms with Crippen molar-refractivity contribution in [1.82, 2.24) is 10.6 Å². The number of nitro benzene ring substituents is 1. The van der Waals surface area contributed by atoms with E-state index >= 15 is 0 Å². The topological polar surface area (TPSA) is 113 Å². The van der Waals surface area contributed by atoms with Crippen LogP contribution in [0.2, 0.25) is 0 Å². The number of benzene rings is 2. The van der Waals surface area contributed by atoms with E-state index < -0.39 is 34.6 Å². The quantitative estimate of drug-likeness (QED) is 0.515. The molecule has 0 fully saturated rings. The molecule has 0 spiro atoms. The van der Waals surface area contributed by atoms with Gasteiger partial charge < -0.3 is 16.0 Å². The first-order valence-corrected chi connectivity index (χ1v) is 8.58. The molecule has 3 amide bonds. The van der Waals surface area contributed by atoms with Crippen molar-refractivity contribution in [3.8, 4) is 0 Å². The lowest BCUT2D eigenvalue weighted by Gasteiger charge is -2.30. The molecule has 0 radical (unpaired) electrons. The average molecular weight is 420 g/mol. The molecule has 156 valence electrons. The lowest BCUT2D eigenvalue weighted by molar-refractivity contribution is -0.384. The number of non-ortho nitro benzene ring substituents is 1. The first kappa shape index (κ1) is 20.8. The number of anilines is 1. The third kappa shape index (κ3) is 4.24. The molecule has 2 aromatic carbocycles. The molecule has 0 saturated heterocycles. The van der Waals surface area contributed by atoms with Crippen molar-refractivity contribution in [1.29, 1.82) is 0 Å². The third-order valence-corrected chi connectivity index (χ3v) is 4.41. The SMILES string of the molecule is CC1=C(C(=O)Nc2cccc([N+](=O)[O-])c2)[C@H](c2ccccc2C(F)(F)F)NC(=O)N1. The number of halogens is 3. The number of carbonyl (C=O) groups excluding carboxylic acids is 2. The Kier molecular flexibility index (Phi) is 5.45. The zero-order valence-electron chi connectivity index (χ0n) is 15.4. The normalized spacial score (nSPS) is 16.5. The fourth-order valence-corrected chi connectivity index (χ4v) is 3.13. The van der Waals surface area contributed by atoms with Gasteiger partial charge in [0.2, 0.25) is 0 Å². The predicted molar refractivity (Wildman–Crippen MR) is 100 cm³/mol. The number of rotatable bonds is 4. The van der Waals surface area contributed by atoms with Crippen LogP contribution in [0.4, 0.5) is 29.3 Å². The van der Waals surface area contributed by atoms with E-state index in [9.17, 15) is 32.9 Å². The number of allylic oxidation sites excluding steroid dienone is 1. The van der Waals surface area contributed by atoms with Crippen LogP contribution in [0.5, 0.6) is 0 Å². The Morgan fingerprint density at radius 3 is 2.53 bits per heavy atom. The Morgan fingerprint density at radius 1 is 1.17 bits per heavy atom. The van der Waals surface area contributed by atoms with Gasteiger partial charge in [0.25, 0.3) is 11.6 Å². The summed E-state index contributed by atoms with van der Waals surface area (Å²) in [7, 11) is 0. The van der Waals surface area contributed by atoms with Crippen LogP contribution in [0.1, 0.15) is 24.1 Å². The second-order valence-corrected chi connectivity index (χ2v) is 6.42. The van der Waals surface area contributed by atoms with Gasteiger partial charge in [0.1, 0.15) is 0 Å². The maximum Gasteiger partial charge on any atom is 0.416 e. The molecule has 0 unspecified atom stereocenters. The van der Waals surface area contributed by atoms with E-state index in [4.69, 9.17) is 0 Å². The Hall–Kier alpha value is -3.89. The van der Waals surface area contributed by atoms with Crippen molar-refractivity contribution < 1.29 is 27.7 Å². The molecule has 1 heterocycles. The van der Waals surface area contributed by atoms with Gasteiger partial charge in [0, 0.05) is 23.5 Å². The molecule has 2 aromatic rings. The first-order valence-electron chi connectivity index (χ1n) is 8.58. The summed E-state index contributed by atoms with van der Waals surface area (Å²) in [4.78, 5) is 35.1. The molecule has 0 aromatic heterocycles. The molecule has 30 heavy (non-hydrogen) atoms. The Labute approximate surface area is 167 Å². The van der Waals surface area contributed by atoms with E-state index in [0.29, 0.717) is 0 Å². The van der Waals surface area contributed by atoms with Crippen molar-refractivity contribution >= 4 is 23.3 Å². The fraction of sp³-hybridized carbons (Fsp3) is 0.158. The number of nitrogens with one attached hydrogen (secondary N) is 3. The van der Waals surface area contributed by atoms with Crippen LogP contribution in [0.25, 0.3) is 0 Å². The number of hydrogen-bond acceptors (Lipinski definition) is 4. The molecule has 3 N–H and O–H groups in total. The van der Waals surface area contributed by atoms with Gasteiger partial charge in [-0.05, 0) is 24.6 Å². The summed E-state index contributed by atoms with van der Waals surface area (Å²) in [6.07, 6.45) is -4.71. The Balaban J connectivity index is 2.02. The summed E-state index contributed by atoms with van der Waals surface area (Å²) in [6, 6.07) is 7.55. The van der Waals surface area contributed by atoms with Gasteiger partial charge in [-0.3, -0.25) is 14.9 Å². The van der Waals surface area contributed by atoms with Crippen molar-refractivity contribution in [2.75, 3.05) is 5.32 Å². The zero-order valence-corrected chi connectivity index (χ0v) is 15.4. The maximum absolute atomic E-state index is 13.5. The number of alkyl halides is 3. The number of amides is 3. The number of hydrogen-bond donors (Lipinski definition) is 3. The second-order valence-electron chi connectivity index (χ2n) is 6.42. The standard InChI is InChI=1S/C19H15F3N4O4/c1-10-15(17(27)24-11-5-4-6-12(9-11)26(29)30)16(25-18(28)23-10)13-7-2-3-8-14(13)19(20,21)22/h2-9,16H,1H3,(H,24,27)(H2,23,25,28)/t16-/m0/s1. The van der Waals surface area contributed by atoms with Crippen LogP contribution in [-0.2, 0) is 11.0 Å². The highest BCUT2D eigenvalue weighted by molar-refractivity contribution is 6.07. The van der Waals surface area contributed by atoms with Gasteiger partial charge in [-0.1, -0.05) is 24.3 Å². The summed E-state index contributed by atoms with van der Waals surface area (Å²) < 4.78 is 40.5. The molecule has 1 aliphatic heterocycles. The van der Waals surface area contributed by atoms with Crippen molar-refractivity contribution in [3.05, 3.63) is 81.0 Å². The molecule has 0 saturated carbocycles. The van der Waals surface area contributed by atoms with Gasteiger partial charge in [0.05, 0.1) is 22.1 Å². The van der Waals surface area contributed by atoms with Crippen LogP contribution >= 0.6 is 0 Å². The zero-order chi connectivity index (χ0) is 22.1.